The van der Waals surface area contributed by atoms with Gasteiger partial charge < -0.3 is 26.8 Å². The maximum atomic E-state index is 13.1. The van der Waals surface area contributed by atoms with Gasteiger partial charge >= 0.3 is 5.97 Å². The Kier molecular flexibility index (Phi) is 14.7. The summed E-state index contributed by atoms with van der Waals surface area (Å²) in [7, 11) is 0. The summed E-state index contributed by atoms with van der Waals surface area (Å²) in [6.07, 6.45) is 3.77. The molecule has 0 saturated carbocycles. The molecule has 0 aliphatic carbocycles. The zero-order chi connectivity index (χ0) is 23.9. The van der Waals surface area contributed by atoms with Gasteiger partial charge in [-0.15, -0.1) is 0 Å². The van der Waals surface area contributed by atoms with Gasteiger partial charge in [0.25, 0.3) is 0 Å². The molecule has 0 heterocycles. The minimum Gasteiger partial charge on any atom is -0.480 e. The van der Waals surface area contributed by atoms with E-state index >= 15 is 0 Å². The Labute approximate surface area is 202 Å². The number of hydrogen-bond acceptors (Lipinski definition) is 7. The van der Waals surface area contributed by atoms with E-state index in [0.717, 1.165) is 12.0 Å². The zero-order valence-corrected chi connectivity index (χ0v) is 21.1. The van der Waals surface area contributed by atoms with Crippen molar-refractivity contribution >= 4 is 36.3 Å². The van der Waals surface area contributed by atoms with Gasteiger partial charge in [0.1, 0.15) is 6.04 Å². The molecule has 32 heavy (non-hydrogen) atoms. The van der Waals surface area contributed by atoms with Crippen LogP contribution in [0.1, 0.15) is 32.3 Å². The van der Waals surface area contributed by atoms with Crippen molar-refractivity contribution in [3.05, 3.63) is 35.9 Å². The SMILES string of the molecule is CC[C@H](C)[C@@H](CNC(Cc1ccccc1)C(=O)NC(CCSC)C(=O)O)NC[C@@H](N)CS. The molecule has 0 spiro atoms. The Balaban J connectivity index is 2.91. The normalized spacial score (nSPS) is 16.0. The number of carbonyl (C=O) groups excluding carboxylic acids is 1. The van der Waals surface area contributed by atoms with Crippen molar-refractivity contribution in [2.24, 2.45) is 11.7 Å². The Hall–Kier alpha value is -1.26. The number of benzene rings is 1. The van der Waals surface area contributed by atoms with E-state index < -0.39 is 18.1 Å². The minimum absolute atomic E-state index is 0.0407. The number of amides is 1. The lowest BCUT2D eigenvalue weighted by Gasteiger charge is -2.29. The number of hydrogen-bond donors (Lipinski definition) is 6. The number of nitrogens with one attached hydrogen (secondary N) is 3. The van der Waals surface area contributed by atoms with Crippen LogP contribution in [0.3, 0.4) is 0 Å². The van der Waals surface area contributed by atoms with Crippen molar-refractivity contribution in [1.82, 2.24) is 16.0 Å². The number of thioether (sulfide) groups is 1. The molecule has 0 aliphatic heterocycles. The molecule has 1 aromatic rings. The molecule has 6 N–H and O–H groups in total. The van der Waals surface area contributed by atoms with Crippen LogP contribution in [0.2, 0.25) is 0 Å². The zero-order valence-electron chi connectivity index (χ0n) is 19.4. The number of rotatable bonds is 17. The van der Waals surface area contributed by atoms with E-state index in [1.165, 1.54) is 0 Å². The summed E-state index contributed by atoms with van der Waals surface area (Å²) >= 11 is 5.81. The van der Waals surface area contributed by atoms with Crippen LogP contribution < -0.4 is 21.7 Å². The molecule has 0 aromatic heterocycles. The van der Waals surface area contributed by atoms with Crippen LogP contribution in [0.4, 0.5) is 0 Å². The molecule has 1 rings (SSSR count). The lowest BCUT2D eigenvalue weighted by atomic mass is 9.97. The quantitative estimate of drug-likeness (QED) is 0.187. The van der Waals surface area contributed by atoms with Crippen molar-refractivity contribution in [2.75, 3.05) is 30.9 Å². The van der Waals surface area contributed by atoms with Crippen LogP contribution in [0.25, 0.3) is 0 Å². The largest absolute Gasteiger partial charge is 0.480 e. The molecular weight excluding hydrogens is 444 g/mol. The molecule has 182 valence electrons. The molecular formula is C23H40N4O3S2. The topological polar surface area (TPSA) is 116 Å². The van der Waals surface area contributed by atoms with Gasteiger partial charge in [0.15, 0.2) is 0 Å². The van der Waals surface area contributed by atoms with Crippen LogP contribution >= 0.6 is 24.4 Å². The molecule has 5 atom stereocenters. The molecule has 9 heteroatoms. The number of carboxylic acid groups (broad SMARTS) is 1. The highest BCUT2D eigenvalue weighted by molar-refractivity contribution is 7.98. The van der Waals surface area contributed by atoms with Gasteiger partial charge in [0, 0.05) is 30.9 Å². The van der Waals surface area contributed by atoms with Gasteiger partial charge in [-0.25, -0.2) is 4.79 Å². The summed E-state index contributed by atoms with van der Waals surface area (Å²) in [5, 5.41) is 19.1. The first-order valence-corrected chi connectivity index (χ1v) is 13.2. The lowest BCUT2D eigenvalue weighted by Crippen LogP contribution is -2.55. The highest BCUT2D eigenvalue weighted by Gasteiger charge is 2.26. The number of thiol groups is 1. The van der Waals surface area contributed by atoms with E-state index in [4.69, 9.17) is 5.73 Å². The third kappa shape index (κ3) is 11.0. The van der Waals surface area contributed by atoms with Crippen molar-refractivity contribution in [1.29, 1.82) is 0 Å². The Morgan fingerprint density at radius 2 is 1.84 bits per heavy atom. The molecule has 1 amide bonds. The lowest BCUT2D eigenvalue weighted by molar-refractivity contribution is -0.142. The number of carbonyl (C=O) groups is 2. The molecule has 0 radical (unpaired) electrons. The fraction of sp³-hybridized carbons (Fsp3) is 0.652. The summed E-state index contributed by atoms with van der Waals surface area (Å²) in [6.45, 7) is 5.52. The van der Waals surface area contributed by atoms with Crippen LogP contribution in [0.15, 0.2) is 30.3 Å². The minimum atomic E-state index is -1.01. The first kappa shape index (κ1) is 28.8. The van der Waals surface area contributed by atoms with Crippen molar-refractivity contribution in [3.8, 4) is 0 Å². The molecule has 0 aliphatic rings. The van der Waals surface area contributed by atoms with E-state index in [0.29, 0.717) is 43.4 Å². The third-order valence-corrected chi connectivity index (χ3v) is 6.73. The highest BCUT2D eigenvalue weighted by atomic mass is 32.2. The van der Waals surface area contributed by atoms with E-state index in [2.05, 4.69) is 42.4 Å². The van der Waals surface area contributed by atoms with E-state index in [9.17, 15) is 14.7 Å². The Morgan fingerprint density at radius 1 is 1.16 bits per heavy atom. The molecule has 1 aromatic carbocycles. The average molecular weight is 485 g/mol. The fourth-order valence-electron chi connectivity index (χ4n) is 3.27. The Bertz CT molecular complexity index is 666. The standard InChI is InChI=1S/C23H40N4O3S2/c1-4-16(2)21(25-13-18(24)15-31)14-26-20(12-17-8-6-5-7-9-17)22(28)27-19(23(29)30)10-11-32-3/h5-9,16,18-21,25-26,31H,4,10-15,24H2,1-3H3,(H,27,28)(H,29,30)/t16-,18+,19?,20?,21+/m0/s1. The molecule has 0 fully saturated rings. The smallest absolute Gasteiger partial charge is 0.326 e. The second kappa shape index (κ2) is 16.4. The summed E-state index contributed by atoms with van der Waals surface area (Å²) in [5.74, 6) is 0.338. The predicted octanol–water partition coefficient (Wildman–Crippen LogP) is 1.77. The second-order valence-electron chi connectivity index (χ2n) is 8.17. The Morgan fingerprint density at radius 3 is 2.41 bits per heavy atom. The van der Waals surface area contributed by atoms with Crippen LogP contribution in [-0.2, 0) is 16.0 Å². The van der Waals surface area contributed by atoms with Crippen molar-refractivity contribution in [3.63, 3.8) is 0 Å². The maximum Gasteiger partial charge on any atom is 0.326 e. The molecule has 7 nitrogen and oxygen atoms in total. The van der Waals surface area contributed by atoms with Crippen molar-refractivity contribution in [2.45, 2.75) is 57.3 Å². The average Bonchev–Trinajstić information content (AvgIpc) is 2.80. The summed E-state index contributed by atoms with van der Waals surface area (Å²) < 4.78 is 0. The number of nitrogens with two attached hydrogens (primary N) is 1. The van der Waals surface area contributed by atoms with E-state index in [-0.39, 0.29) is 18.0 Å². The number of aliphatic carboxylic acids is 1. The maximum absolute atomic E-state index is 13.1. The van der Waals surface area contributed by atoms with E-state index in [1.807, 2.05) is 36.6 Å². The fourth-order valence-corrected chi connectivity index (χ4v) is 3.87. The van der Waals surface area contributed by atoms with Gasteiger partial charge in [-0.05, 0) is 36.3 Å². The van der Waals surface area contributed by atoms with Crippen LogP contribution in [0.5, 0.6) is 0 Å². The van der Waals surface area contributed by atoms with Gasteiger partial charge in [-0.2, -0.15) is 24.4 Å². The summed E-state index contributed by atoms with van der Waals surface area (Å²) in [4.78, 5) is 24.7. The summed E-state index contributed by atoms with van der Waals surface area (Å²) in [6, 6.07) is 8.40. The first-order valence-electron chi connectivity index (χ1n) is 11.2. The molecule has 0 saturated heterocycles. The van der Waals surface area contributed by atoms with Crippen LogP contribution in [-0.4, -0.2) is 72.0 Å². The third-order valence-electron chi connectivity index (χ3n) is 5.62. The number of carboxylic acids is 1. The predicted molar refractivity (Wildman–Crippen MR) is 138 cm³/mol. The summed E-state index contributed by atoms with van der Waals surface area (Å²) in [5.41, 5.74) is 7.03. The molecule has 0 bridgehead atoms. The van der Waals surface area contributed by atoms with Gasteiger partial charge in [-0.3, -0.25) is 4.79 Å². The monoisotopic (exact) mass is 484 g/mol. The highest BCUT2D eigenvalue weighted by Crippen LogP contribution is 2.10. The van der Waals surface area contributed by atoms with Gasteiger partial charge in [0.05, 0.1) is 6.04 Å². The van der Waals surface area contributed by atoms with Gasteiger partial charge in [-0.1, -0.05) is 50.6 Å². The second-order valence-corrected chi connectivity index (χ2v) is 9.53. The first-order chi connectivity index (χ1) is 15.3. The van der Waals surface area contributed by atoms with Gasteiger partial charge in [0.2, 0.25) is 5.91 Å². The van der Waals surface area contributed by atoms with E-state index in [1.54, 1.807) is 11.8 Å². The van der Waals surface area contributed by atoms with Crippen LogP contribution in [0, 0.1) is 5.92 Å². The van der Waals surface area contributed by atoms with Crippen molar-refractivity contribution < 1.29 is 14.7 Å². The molecule has 2 unspecified atom stereocenters.